The van der Waals surface area contributed by atoms with Gasteiger partial charge in [-0.05, 0) is 42.7 Å². The molecule has 0 amide bonds. The fraction of sp³-hybridized carbons (Fsp3) is 0.409. The first-order chi connectivity index (χ1) is 13.8. The van der Waals surface area contributed by atoms with Crippen LogP contribution in [0.25, 0.3) is 0 Å². The van der Waals surface area contributed by atoms with Gasteiger partial charge in [-0.1, -0.05) is 30.3 Å². The van der Waals surface area contributed by atoms with Crippen molar-refractivity contribution in [3.8, 4) is 11.5 Å². The van der Waals surface area contributed by atoms with Crippen LogP contribution in [0.2, 0.25) is 0 Å². The zero-order valence-corrected chi connectivity index (χ0v) is 16.8. The van der Waals surface area contributed by atoms with E-state index in [2.05, 4.69) is 27.8 Å². The summed E-state index contributed by atoms with van der Waals surface area (Å²) in [7, 11) is 3.42. The van der Waals surface area contributed by atoms with E-state index in [0.717, 1.165) is 43.5 Å². The van der Waals surface area contributed by atoms with E-state index in [1.165, 1.54) is 5.56 Å². The first-order valence-corrected chi connectivity index (χ1v) is 9.65. The van der Waals surface area contributed by atoms with Crippen LogP contribution in [-0.4, -0.2) is 46.4 Å². The molecule has 0 bridgehead atoms. The van der Waals surface area contributed by atoms with Gasteiger partial charge in [-0.15, -0.1) is 0 Å². The van der Waals surface area contributed by atoms with E-state index in [9.17, 15) is 0 Å². The quantitative estimate of drug-likeness (QED) is 0.334. The van der Waals surface area contributed by atoms with Crippen molar-refractivity contribution in [1.29, 1.82) is 0 Å². The Morgan fingerprint density at radius 3 is 2.29 bits per heavy atom. The number of ether oxygens (including phenoxy) is 3. The molecule has 0 aliphatic rings. The maximum atomic E-state index is 5.69. The minimum Gasteiger partial charge on any atom is -0.497 e. The van der Waals surface area contributed by atoms with E-state index in [-0.39, 0.29) is 0 Å². The number of methoxy groups -OCH3 is 1. The molecular weight excluding hydrogens is 354 g/mol. The van der Waals surface area contributed by atoms with Crippen LogP contribution in [0.15, 0.2) is 59.6 Å². The Balaban J connectivity index is 1.48. The number of hydrogen-bond acceptors (Lipinski definition) is 4. The molecular formula is C22H31N3O3. The fourth-order valence-corrected chi connectivity index (χ4v) is 2.53. The largest absolute Gasteiger partial charge is 0.497 e. The second-order valence-electron chi connectivity index (χ2n) is 6.20. The number of rotatable bonds is 12. The highest BCUT2D eigenvalue weighted by Crippen LogP contribution is 2.16. The molecule has 0 unspecified atom stereocenters. The number of aliphatic imine (C=N–C) groups is 1. The topological polar surface area (TPSA) is 64.1 Å². The number of unbranched alkanes of at least 4 members (excludes halogenated alkanes) is 1. The highest BCUT2D eigenvalue weighted by molar-refractivity contribution is 5.79. The molecule has 0 atom stereocenters. The van der Waals surface area contributed by atoms with Gasteiger partial charge in [-0.3, -0.25) is 4.99 Å². The predicted molar refractivity (Wildman–Crippen MR) is 113 cm³/mol. The molecule has 2 aromatic carbocycles. The van der Waals surface area contributed by atoms with Gasteiger partial charge in [-0.2, -0.15) is 0 Å². The van der Waals surface area contributed by atoms with Gasteiger partial charge < -0.3 is 24.8 Å². The Morgan fingerprint density at radius 2 is 1.57 bits per heavy atom. The predicted octanol–water partition coefficient (Wildman–Crippen LogP) is 3.24. The number of guanidine groups is 1. The van der Waals surface area contributed by atoms with Gasteiger partial charge in [-0.25, -0.2) is 0 Å². The van der Waals surface area contributed by atoms with Gasteiger partial charge in [0.1, 0.15) is 18.1 Å². The van der Waals surface area contributed by atoms with Gasteiger partial charge in [0.2, 0.25) is 0 Å². The molecule has 0 radical (unpaired) electrons. The lowest BCUT2D eigenvalue weighted by molar-refractivity contribution is 0.117. The maximum Gasteiger partial charge on any atom is 0.191 e. The van der Waals surface area contributed by atoms with Gasteiger partial charge in [0.25, 0.3) is 0 Å². The standard InChI is InChI=1S/C22H31N3O3/c1-23-22(25-15-17-28-21-12-10-20(26-2)11-13-21)24-14-6-7-16-27-18-19-8-4-3-5-9-19/h3-5,8-13H,6-7,14-18H2,1-2H3,(H2,23,24,25). The average Bonchev–Trinajstić information content (AvgIpc) is 2.75. The summed E-state index contributed by atoms with van der Waals surface area (Å²) < 4.78 is 16.5. The minimum absolute atomic E-state index is 0.556. The van der Waals surface area contributed by atoms with Crippen molar-refractivity contribution in [2.75, 3.05) is 40.5 Å². The lowest BCUT2D eigenvalue weighted by atomic mass is 10.2. The Labute approximate surface area is 167 Å². The third kappa shape index (κ3) is 8.77. The Morgan fingerprint density at radius 1 is 0.857 bits per heavy atom. The van der Waals surface area contributed by atoms with Crippen LogP contribution in [0, 0.1) is 0 Å². The Hall–Kier alpha value is -2.73. The van der Waals surface area contributed by atoms with E-state index < -0.39 is 0 Å². The summed E-state index contributed by atoms with van der Waals surface area (Å²) in [5.41, 5.74) is 1.21. The molecule has 152 valence electrons. The van der Waals surface area contributed by atoms with E-state index >= 15 is 0 Å². The second kappa shape index (κ2) is 13.4. The molecule has 6 heteroatoms. The van der Waals surface area contributed by atoms with Gasteiger partial charge >= 0.3 is 0 Å². The molecule has 0 aliphatic heterocycles. The van der Waals surface area contributed by atoms with Gasteiger partial charge in [0.05, 0.1) is 20.3 Å². The lowest BCUT2D eigenvalue weighted by Gasteiger charge is -2.12. The van der Waals surface area contributed by atoms with Crippen molar-refractivity contribution in [2.45, 2.75) is 19.4 Å². The van der Waals surface area contributed by atoms with Crippen molar-refractivity contribution < 1.29 is 14.2 Å². The van der Waals surface area contributed by atoms with Crippen LogP contribution in [0.5, 0.6) is 11.5 Å². The molecule has 2 aromatic rings. The zero-order chi connectivity index (χ0) is 19.9. The molecule has 0 saturated carbocycles. The van der Waals surface area contributed by atoms with Crippen LogP contribution in [0.3, 0.4) is 0 Å². The van der Waals surface area contributed by atoms with Crippen molar-refractivity contribution in [3.63, 3.8) is 0 Å². The third-order valence-corrected chi connectivity index (χ3v) is 4.07. The molecule has 0 spiro atoms. The van der Waals surface area contributed by atoms with E-state index in [1.807, 2.05) is 42.5 Å². The van der Waals surface area contributed by atoms with Crippen molar-refractivity contribution in [2.24, 2.45) is 4.99 Å². The average molecular weight is 386 g/mol. The second-order valence-corrected chi connectivity index (χ2v) is 6.20. The maximum absolute atomic E-state index is 5.69. The van der Waals surface area contributed by atoms with Gasteiger partial charge in [0, 0.05) is 20.2 Å². The minimum atomic E-state index is 0.556. The van der Waals surface area contributed by atoms with Crippen LogP contribution in [0.4, 0.5) is 0 Å². The fourth-order valence-electron chi connectivity index (χ4n) is 2.53. The summed E-state index contributed by atoms with van der Waals surface area (Å²) in [6, 6.07) is 17.8. The van der Waals surface area contributed by atoms with E-state index in [1.54, 1.807) is 14.2 Å². The monoisotopic (exact) mass is 385 g/mol. The number of hydrogen-bond donors (Lipinski definition) is 2. The van der Waals surface area contributed by atoms with Crippen LogP contribution >= 0.6 is 0 Å². The summed E-state index contributed by atoms with van der Waals surface area (Å²) in [4.78, 5) is 4.22. The third-order valence-electron chi connectivity index (χ3n) is 4.07. The Kier molecular flexibility index (Phi) is 10.4. The van der Waals surface area contributed by atoms with Crippen molar-refractivity contribution in [3.05, 3.63) is 60.2 Å². The molecule has 0 saturated heterocycles. The first-order valence-electron chi connectivity index (χ1n) is 9.65. The first kappa shape index (κ1) is 21.6. The molecule has 2 rings (SSSR count). The molecule has 0 heterocycles. The van der Waals surface area contributed by atoms with Crippen LogP contribution in [-0.2, 0) is 11.3 Å². The van der Waals surface area contributed by atoms with E-state index in [0.29, 0.717) is 19.8 Å². The molecule has 0 fully saturated rings. The highest BCUT2D eigenvalue weighted by atomic mass is 16.5. The van der Waals surface area contributed by atoms with Crippen molar-refractivity contribution >= 4 is 5.96 Å². The normalized spacial score (nSPS) is 11.1. The van der Waals surface area contributed by atoms with Crippen LogP contribution in [0.1, 0.15) is 18.4 Å². The molecule has 2 N–H and O–H groups in total. The zero-order valence-electron chi connectivity index (χ0n) is 16.8. The molecule has 6 nitrogen and oxygen atoms in total. The van der Waals surface area contributed by atoms with E-state index in [4.69, 9.17) is 14.2 Å². The Bertz CT molecular complexity index is 675. The molecule has 0 aromatic heterocycles. The lowest BCUT2D eigenvalue weighted by Crippen LogP contribution is -2.39. The summed E-state index contributed by atoms with van der Waals surface area (Å²) in [6.45, 7) is 3.52. The summed E-state index contributed by atoms with van der Waals surface area (Å²) in [5, 5.41) is 6.55. The van der Waals surface area contributed by atoms with Gasteiger partial charge in [0.15, 0.2) is 5.96 Å². The number of benzene rings is 2. The van der Waals surface area contributed by atoms with Crippen LogP contribution < -0.4 is 20.1 Å². The molecule has 0 aliphatic carbocycles. The van der Waals surface area contributed by atoms with Crippen molar-refractivity contribution in [1.82, 2.24) is 10.6 Å². The number of nitrogens with zero attached hydrogens (tertiary/aromatic N) is 1. The number of nitrogens with one attached hydrogen (secondary N) is 2. The molecule has 28 heavy (non-hydrogen) atoms. The highest BCUT2D eigenvalue weighted by Gasteiger charge is 1.99. The smallest absolute Gasteiger partial charge is 0.191 e. The summed E-state index contributed by atoms with van der Waals surface area (Å²) in [5.74, 6) is 2.42. The summed E-state index contributed by atoms with van der Waals surface area (Å²) in [6.07, 6.45) is 2.04. The summed E-state index contributed by atoms with van der Waals surface area (Å²) >= 11 is 0. The SMILES string of the molecule is CN=C(NCCCCOCc1ccccc1)NCCOc1ccc(OC)cc1.